The smallest absolute Gasteiger partial charge is 0.338 e. The maximum atomic E-state index is 13.0. The molecule has 1 atom stereocenters. The standard InChI is InChI=1S/C18H23N5O4/c1-10-14(16(24)27-18(2,3)4)15(23-17(19-10)20-21-22-23)12-8-7-11(25-5)9-13(12)26-6/h7-9,15H,1-6H3,(H,19,20,22)/t15-/m0/s1. The molecule has 2 heterocycles. The van der Waals surface area contributed by atoms with Gasteiger partial charge in [-0.05, 0) is 50.3 Å². The lowest BCUT2D eigenvalue weighted by atomic mass is 9.94. The lowest BCUT2D eigenvalue weighted by Crippen LogP contribution is -2.33. The first kappa shape index (κ1) is 18.7. The van der Waals surface area contributed by atoms with Gasteiger partial charge in [0.1, 0.15) is 23.1 Å². The molecule has 0 saturated carbocycles. The van der Waals surface area contributed by atoms with Crippen LogP contribution in [0, 0.1) is 0 Å². The summed E-state index contributed by atoms with van der Waals surface area (Å²) in [5.74, 6) is 1.18. The summed E-state index contributed by atoms with van der Waals surface area (Å²) in [4.78, 5) is 13.0. The molecule has 27 heavy (non-hydrogen) atoms. The van der Waals surface area contributed by atoms with E-state index >= 15 is 0 Å². The Hall–Kier alpha value is -3.10. The maximum absolute atomic E-state index is 13.0. The van der Waals surface area contributed by atoms with Gasteiger partial charge >= 0.3 is 5.97 Å². The number of carbonyl (C=O) groups is 1. The molecule has 3 rings (SSSR count). The van der Waals surface area contributed by atoms with Crippen molar-refractivity contribution >= 4 is 11.9 Å². The van der Waals surface area contributed by atoms with Crippen LogP contribution in [0.4, 0.5) is 5.95 Å². The molecule has 0 unspecified atom stereocenters. The highest BCUT2D eigenvalue weighted by Gasteiger charge is 2.37. The fraction of sp³-hybridized carbons (Fsp3) is 0.444. The van der Waals surface area contributed by atoms with Crippen LogP contribution < -0.4 is 14.8 Å². The van der Waals surface area contributed by atoms with E-state index < -0.39 is 17.6 Å². The van der Waals surface area contributed by atoms with Gasteiger partial charge in [0.05, 0.1) is 19.8 Å². The van der Waals surface area contributed by atoms with E-state index in [2.05, 4.69) is 20.8 Å². The van der Waals surface area contributed by atoms with Crippen LogP contribution in [0.3, 0.4) is 0 Å². The number of nitrogens with zero attached hydrogens (tertiary/aromatic N) is 4. The monoisotopic (exact) mass is 373 g/mol. The predicted octanol–water partition coefficient (Wildman–Crippen LogP) is 2.32. The zero-order chi connectivity index (χ0) is 19.8. The van der Waals surface area contributed by atoms with Crippen LogP contribution in [0.5, 0.6) is 11.5 Å². The molecule has 144 valence electrons. The quantitative estimate of drug-likeness (QED) is 0.815. The minimum absolute atomic E-state index is 0.410. The fourth-order valence-corrected chi connectivity index (χ4v) is 2.94. The molecule has 2 aromatic rings. The van der Waals surface area contributed by atoms with Gasteiger partial charge in [0.25, 0.3) is 0 Å². The van der Waals surface area contributed by atoms with E-state index in [9.17, 15) is 4.79 Å². The van der Waals surface area contributed by atoms with Crippen molar-refractivity contribution in [2.45, 2.75) is 39.3 Å². The molecule has 0 amide bonds. The molecule has 9 heteroatoms. The van der Waals surface area contributed by atoms with E-state index in [-0.39, 0.29) is 0 Å². The Kier molecular flexibility index (Phi) is 4.77. The van der Waals surface area contributed by atoms with Crippen LogP contribution in [-0.2, 0) is 9.53 Å². The lowest BCUT2D eigenvalue weighted by molar-refractivity contribution is -0.150. The number of aromatic nitrogens is 4. The number of carbonyl (C=O) groups excluding carboxylic acids is 1. The third kappa shape index (κ3) is 3.57. The number of methoxy groups -OCH3 is 2. The first-order chi connectivity index (χ1) is 12.7. The second kappa shape index (κ2) is 6.90. The third-order valence-corrected chi connectivity index (χ3v) is 4.07. The number of hydrogen-bond donors (Lipinski definition) is 1. The van der Waals surface area contributed by atoms with E-state index in [1.54, 1.807) is 33.3 Å². The normalized spacial score (nSPS) is 16.4. The Balaban J connectivity index is 2.16. The van der Waals surface area contributed by atoms with Gasteiger partial charge in [-0.1, -0.05) is 5.10 Å². The van der Waals surface area contributed by atoms with Gasteiger partial charge in [0.15, 0.2) is 0 Å². The van der Waals surface area contributed by atoms with Crippen LogP contribution in [0.2, 0.25) is 0 Å². The number of tetrazole rings is 1. The summed E-state index contributed by atoms with van der Waals surface area (Å²) in [6.07, 6.45) is 0. The Morgan fingerprint density at radius 3 is 2.59 bits per heavy atom. The number of anilines is 1. The number of esters is 1. The summed E-state index contributed by atoms with van der Waals surface area (Å²) >= 11 is 0. The highest BCUT2D eigenvalue weighted by Crippen LogP contribution is 2.40. The molecule has 1 aromatic carbocycles. The second-order valence-electron chi connectivity index (χ2n) is 7.12. The Labute approximate surface area is 157 Å². The van der Waals surface area contributed by atoms with E-state index in [4.69, 9.17) is 14.2 Å². The molecule has 0 fully saturated rings. The summed E-state index contributed by atoms with van der Waals surface area (Å²) in [7, 11) is 3.14. The number of allylic oxidation sites excluding steroid dienone is 1. The van der Waals surface area contributed by atoms with Gasteiger partial charge in [0, 0.05) is 17.3 Å². The molecule has 1 aliphatic rings. The van der Waals surface area contributed by atoms with Gasteiger partial charge in [-0.25, -0.2) is 4.79 Å². The van der Waals surface area contributed by atoms with Gasteiger partial charge in [0.2, 0.25) is 5.95 Å². The van der Waals surface area contributed by atoms with Crippen LogP contribution in [0.1, 0.15) is 39.3 Å². The zero-order valence-corrected chi connectivity index (χ0v) is 16.2. The fourth-order valence-electron chi connectivity index (χ4n) is 2.94. The molecular formula is C18H23N5O4. The van der Waals surface area contributed by atoms with Gasteiger partial charge < -0.3 is 19.5 Å². The van der Waals surface area contributed by atoms with Crippen LogP contribution in [0.25, 0.3) is 0 Å². The van der Waals surface area contributed by atoms with Crippen molar-refractivity contribution in [3.63, 3.8) is 0 Å². The Morgan fingerprint density at radius 2 is 1.96 bits per heavy atom. The van der Waals surface area contributed by atoms with Crippen molar-refractivity contribution in [3.05, 3.63) is 35.0 Å². The molecule has 0 aliphatic carbocycles. The average molecular weight is 373 g/mol. The number of benzene rings is 1. The average Bonchev–Trinajstić information content (AvgIpc) is 3.06. The highest BCUT2D eigenvalue weighted by molar-refractivity contribution is 5.92. The van der Waals surface area contributed by atoms with Crippen molar-refractivity contribution in [3.8, 4) is 11.5 Å². The minimum Gasteiger partial charge on any atom is -0.497 e. The number of rotatable bonds is 4. The first-order valence-electron chi connectivity index (χ1n) is 8.46. The summed E-state index contributed by atoms with van der Waals surface area (Å²) in [6.45, 7) is 7.26. The van der Waals surface area contributed by atoms with E-state index in [0.717, 1.165) is 0 Å². The van der Waals surface area contributed by atoms with E-state index in [0.29, 0.717) is 34.3 Å². The SMILES string of the molecule is COc1ccc([C@H]2C(C(=O)OC(C)(C)C)=C(C)Nc3nnnn32)c(OC)c1. The summed E-state index contributed by atoms with van der Waals surface area (Å²) < 4.78 is 18.0. The Morgan fingerprint density at radius 1 is 1.22 bits per heavy atom. The Bertz CT molecular complexity index is 897. The minimum atomic E-state index is -0.639. The van der Waals surface area contributed by atoms with Crippen molar-refractivity contribution < 1.29 is 19.0 Å². The summed E-state index contributed by atoms with van der Waals surface area (Å²) in [6, 6.07) is 4.78. The molecule has 1 aromatic heterocycles. The van der Waals surface area contributed by atoms with Gasteiger partial charge in [-0.3, -0.25) is 0 Å². The number of hydrogen-bond acceptors (Lipinski definition) is 8. The molecule has 0 saturated heterocycles. The molecule has 0 radical (unpaired) electrons. The molecule has 0 bridgehead atoms. The topological polar surface area (TPSA) is 100 Å². The highest BCUT2D eigenvalue weighted by atomic mass is 16.6. The van der Waals surface area contributed by atoms with Crippen molar-refractivity contribution in [2.75, 3.05) is 19.5 Å². The van der Waals surface area contributed by atoms with Crippen molar-refractivity contribution in [1.29, 1.82) is 0 Å². The number of ether oxygens (including phenoxy) is 3. The van der Waals surface area contributed by atoms with Crippen LogP contribution >= 0.6 is 0 Å². The predicted molar refractivity (Wildman–Crippen MR) is 97.7 cm³/mol. The lowest BCUT2D eigenvalue weighted by Gasteiger charge is -2.30. The van der Waals surface area contributed by atoms with Gasteiger partial charge in [-0.2, -0.15) is 4.68 Å². The third-order valence-electron chi connectivity index (χ3n) is 4.07. The van der Waals surface area contributed by atoms with E-state index in [1.807, 2.05) is 26.8 Å². The molecule has 9 nitrogen and oxygen atoms in total. The first-order valence-corrected chi connectivity index (χ1v) is 8.46. The van der Waals surface area contributed by atoms with Crippen molar-refractivity contribution in [1.82, 2.24) is 20.2 Å². The van der Waals surface area contributed by atoms with Crippen molar-refractivity contribution in [2.24, 2.45) is 0 Å². The summed E-state index contributed by atoms with van der Waals surface area (Å²) in [5.41, 5.74) is 1.11. The zero-order valence-electron chi connectivity index (χ0n) is 16.2. The molecule has 1 aliphatic heterocycles. The molecule has 0 spiro atoms. The van der Waals surface area contributed by atoms with Gasteiger partial charge in [-0.15, -0.1) is 0 Å². The number of fused-ring (bicyclic) bond motifs is 1. The largest absolute Gasteiger partial charge is 0.497 e. The summed E-state index contributed by atoms with van der Waals surface area (Å²) in [5, 5.41) is 14.8. The molecular weight excluding hydrogens is 350 g/mol. The molecule has 1 N–H and O–H groups in total. The van der Waals surface area contributed by atoms with Crippen LogP contribution in [0.15, 0.2) is 29.5 Å². The van der Waals surface area contributed by atoms with Crippen LogP contribution in [-0.4, -0.2) is 46.0 Å². The second-order valence-corrected chi connectivity index (χ2v) is 7.12. The number of nitrogens with one attached hydrogen (secondary N) is 1. The maximum Gasteiger partial charge on any atom is 0.338 e. The van der Waals surface area contributed by atoms with E-state index in [1.165, 1.54) is 4.68 Å².